The number of carboxylic acid groups (broad SMARTS) is 1. The van der Waals surface area contributed by atoms with E-state index in [0.717, 1.165) is 5.69 Å². The Morgan fingerprint density at radius 2 is 1.95 bits per heavy atom. The topological polar surface area (TPSA) is 49.8 Å². The molecule has 0 radical (unpaired) electrons. The lowest BCUT2D eigenvalue weighted by atomic mass is 10.1. The summed E-state index contributed by atoms with van der Waals surface area (Å²) in [6, 6.07) is 13.6. The van der Waals surface area contributed by atoms with Crippen molar-refractivity contribution in [3.8, 4) is 5.75 Å². The van der Waals surface area contributed by atoms with Gasteiger partial charge in [-0.05, 0) is 18.2 Å². The van der Waals surface area contributed by atoms with Gasteiger partial charge in [0, 0.05) is 23.9 Å². The Morgan fingerprint density at radius 3 is 2.52 bits per heavy atom. The van der Waals surface area contributed by atoms with Gasteiger partial charge in [-0.3, -0.25) is 4.79 Å². The average molecular weight is 289 g/mol. The van der Waals surface area contributed by atoms with Gasteiger partial charge in [0.25, 0.3) is 0 Å². The van der Waals surface area contributed by atoms with E-state index in [4.69, 9.17) is 9.84 Å². The number of hydrogen-bond acceptors (Lipinski definition) is 3. The number of para-hydroxylation sites is 1. The number of rotatable bonds is 6. The van der Waals surface area contributed by atoms with Crippen LogP contribution in [0.4, 0.5) is 10.1 Å². The van der Waals surface area contributed by atoms with Crippen LogP contribution in [0.15, 0.2) is 48.5 Å². The lowest BCUT2D eigenvalue weighted by molar-refractivity contribution is -0.135. The van der Waals surface area contributed by atoms with Crippen molar-refractivity contribution >= 4 is 11.7 Å². The zero-order valence-corrected chi connectivity index (χ0v) is 11.6. The minimum absolute atomic E-state index is 0.173. The summed E-state index contributed by atoms with van der Waals surface area (Å²) >= 11 is 0. The molecule has 0 fully saturated rings. The largest absolute Gasteiger partial charge is 0.497 e. The predicted molar refractivity (Wildman–Crippen MR) is 78.1 cm³/mol. The van der Waals surface area contributed by atoms with Gasteiger partial charge in [0.2, 0.25) is 0 Å². The van der Waals surface area contributed by atoms with Crippen molar-refractivity contribution in [1.29, 1.82) is 0 Å². The Hall–Kier alpha value is -2.56. The third-order valence-corrected chi connectivity index (χ3v) is 3.07. The Bertz CT molecular complexity index is 616. The SMILES string of the molecule is COc1ccc(CN(CC(=O)O)c2ccccc2)c(F)c1. The van der Waals surface area contributed by atoms with Crippen molar-refractivity contribution in [1.82, 2.24) is 0 Å². The van der Waals surface area contributed by atoms with Crippen molar-refractivity contribution in [2.24, 2.45) is 0 Å². The van der Waals surface area contributed by atoms with Crippen LogP contribution in [0.3, 0.4) is 0 Å². The van der Waals surface area contributed by atoms with Crippen LogP contribution in [0, 0.1) is 5.82 Å². The smallest absolute Gasteiger partial charge is 0.323 e. The molecule has 0 amide bonds. The number of nitrogens with zero attached hydrogens (tertiary/aromatic N) is 1. The van der Waals surface area contributed by atoms with Crippen LogP contribution in [0.1, 0.15) is 5.56 Å². The van der Waals surface area contributed by atoms with Gasteiger partial charge < -0.3 is 14.7 Å². The van der Waals surface area contributed by atoms with E-state index in [1.54, 1.807) is 29.2 Å². The number of ether oxygens (including phenoxy) is 1. The van der Waals surface area contributed by atoms with Crippen LogP contribution in [-0.2, 0) is 11.3 Å². The molecule has 2 aromatic rings. The highest BCUT2D eigenvalue weighted by Crippen LogP contribution is 2.21. The summed E-state index contributed by atoms with van der Waals surface area (Å²) in [5.41, 5.74) is 1.15. The quantitative estimate of drug-likeness (QED) is 0.888. The minimum atomic E-state index is -0.965. The Balaban J connectivity index is 2.25. The van der Waals surface area contributed by atoms with Gasteiger partial charge in [-0.25, -0.2) is 4.39 Å². The zero-order valence-electron chi connectivity index (χ0n) is 11.6. The van der Waals surface area contributed by atoms with E-state index in [0.29, 0.717) is 11.3 Å². The van der Waals surface area contributed by atoms with E-state index in [1.807, 2.05) is 18.2 Å². The van der Waals surface area contributed by atoms with Crippen molar-refractivity contribution < 1.29 is 19.0 Å². The standard InChI is InChI=1S/C16H16FNO3/c1-21-14-8-7-12(15(17)9-14)10-18(11-16(19)20)13-5-3-2-4-6-13/h2-9H,10-11H2,1H3,(H,19,20). The molecule has 0 saturated heterocycles. The maximum atomic E-state index is 14.0. The highest BCUT2D eigenvalue weighted by atomic mass is 19.1. The summed E-state index contributed by atoms with van der Waals surface area (Å²) < 4.78 is 19.0. The molecule has 110 valence electrons. The molecule has 0 saturated carbocycles. The molecule has 21 heavy (non-hydrogen) atoms. The number of methoxy groups -OCH3 is 1. The second kappa shape index (κ2) is 6.74. The van der Waals surface area contributed by atoms with Crippen LogP contribution in [0.5, 0.6) is 5.75 Å². The van der Waals surface area contributed by atoms with Gasteiger partial charge in [-0.15, -0.1) is 0 Å². The molecule has 1 N–H and O–H groups in total. The van der Waals surface area contributed by atoms with Crippen molar-refractivity contribution in [3.63, 3.8) is 0 Å². The van der Waals surface area contributed by atoms with Crippen LogP contribution in [-0.4, -0.2) is 24.7 Å². The molecule has 0 aromatic heterocycles. The van der Waals surface area contributed by atoms with Crippen LogP contribution in [0.25, 0.3) is 0 Å². The second-order valence-corrected chi connectivity index (χ2v) is 4.54. The van der Waals surface area contributed by atoms with Gasteiger partial charge in [0.15, 0.2) is 0 Å². The van der Waals surface area contributed by atoms with Crippen LogP contribution < -0.4 is 9.64 Å². The molecule has 0 bridgehead atoms. The highest BCUT2D eigenvalue weighted by Gasteiger charge is 2.14. The summed E-state index contributed by atoms with van der Waals surface area (Å²) in [5, 5.41) is 9.02. The van der Waals surface area contributed by atoms with Gasteiger partial charge in [0.05, 0.1) is 7.11 Å². The lowest BCUT2D eigenvalue weighted by Crippen LogP contribution is -2.29. The normalized spacial score (nSPS) is 10.2. The minimum Gasteiger partial charge on any atom is -0.497 e. The molecular formula is C16H16FNO3. The Morgan fingerprint density at radius 1 is 1.24 bits per heavy atom. The lowest BCUT2D eigenvalue weighted by Gasteiger charge is -2.23. The summed E-state index contributed by atoms with van der Waals surface area (Å²) in [6.45, 7) is -0.0262. The predicted octanol–water partition coefficient (Wildman–Crippen LogP) is 2.93. The number of anilines is 1. The fourth-order valence-corrected chi connectivity index (χ4v) is 2.03. The van der Waals surface area contributed by atoms with Crippen molar-refractivity contribution in [3.05, 3.63) is 59.9 Å². The van der Waals surface area contributed by atoms with Gasteiger partial charge >= 0.3 is 5.97 Å². The molecule has 2 aromatic carbocycles. The molecule has 0 aliphatic rings. The van der Waals surface area contributed by atoms with Gasteiger partial charge in [-0.1, -0.05) is 24.3 Å². The maximum absolute atomic E-state index is 14.0. The van der Waals surface area contributed by atoms with Crippen molar-refractivity contribution in [2.75, 3.05) is 18.6 Å². The number of carboxylic acids is 1. The molecule has 2 rings (SSSR count). The Labute approximate surface area is 122 Å². The van der Waals surface area contributed by atoms with E-state index in [9.17, 15) is 9.18 Å². The average Bonchev–Trinajstić information content (AvgIpc) is 2.49. The first-order valence-corrected chi connectivity index (χ1v) is 6.44. The zero-order chi connectivity index (χ0) is 15.2. The molecule has 0 spiro atoms. The first kappa shape index (κ1) is 14.8. The summed E-state index contributed by atoms with van der Waals surface area (Å²) in [6.07, 6.45) is 0. The number of benzene rings is 2. The fourth-order valence-electron chi connectivity index (χ4n) is 2.03. The van der Waals surface area contributed by atoms with Crippen LogP contribution >= 0.6 is 0 Å². The molecule has 0 atom stereocenters. The summed E-state index contributed by atoms with van der Waals surface area (Å²) in [4.78, 5) is 12.6. The van der Waals surface area contributed by atoms with E-state index >= 15 is 0 Å². The van der Waals surface area contributed by atoms with E-state index < -0.39 is 11.8 Å². The molecule has 5 heteroatoms. The van der Waals surface area contributed by atoms with Gasteiger partial charge in [-0.2, -0.15) is 0 Å². The second-order valence-electron chi connectivity index (χ2n) is 4.54. The first-order valence-electron chi connectivity index (χ1n) is 6.44. The Kier molecular flexibility index (Phi) is 4.77. The number of carbonyl (C=O) groups is 1. The molecule has 0 aliphatic carbocycles. The van der Waals surface area contributed by atoms with Crippen molar-refractivity contribution in [2.45, 2.75) is 6.54 Å². The first-order chi connectivity index (χ1) is 10.1. The molecule has 0 unspecified atom stereocenters. The monoisotopic (exact) mass is 289 g/mol. The third-order valence-electron chi connectivity index (χ3n) is 3.07. The number of hydrogen-bond donors (Lipinski definition) is 1. The van der Waals surface area contributed by atoms with E-state index in [-0.39, 0.29) is 13.1 Å². The molecule has 4 nitrogen and oxygen atoms in total. The fraction of sp³-hybridized carbons (Fsp3) is 0.188. The van der Waals surface area contributed by atoms with E-state index in [2.05, 4.69) is 0 Å². The number of aliphatic carboxylic acids is 1. The third kappa shape index (κ3) is 3.95. The molecule has 0 aliphatic heterocycles. The highest BCUT2D eigenvalue weighted by molar-refractivity contribution is 5.73. The van der Waals surface area contributed by atoms with E-state index in [1.165, 1.54) is 13.2 Å². The van der Waals surface area contributed by atoms with Gasteiger partial charge in [0.1, 0.15) is 18.1 Å². The summed E-state index contributed by atoms with van der Waals surface area (Å²) in [7, 11) is 1.47. The molecular weight excluding hydrogens is 273 g/mol. The van der Waals surface area contributed by atoms with Crippen LogP contribution in [0.2, 0.25) is 0 Å². The summed E-state index contributed by atoms with van der Waals surface area (Å²) in [5.74, 6) is -0.950. The molecule has 0 heterocycles. The number of halogens is 1. The maximum Gasteiger partial charge on any atom is 0.323 e.